The zero-order chi connectivity index (χ0) is 16.6. The molecule has 2 atom stereocenters. The lowest BCUT2D eigenvalue weighted by atomic mass is 9.87. The average molecular weight is 336 g/mol. The van der Waals surface area contributed by atoms with E-state index in [0.717, 1.165) is 18.4 Å². The third kappa shape index (κ3) is 3.52. The lowest BCUT2D eigenvalue weighted by Gasteiger charge is -2.27. The molecule has 0 saturated heterocycles. The summed E-state index contributed by atoms with van der Waals surface area (Å²) >= 11 is 0. The number of anilines is 1. The molecule has 23 heavy (non-hydrogen) atoms. The fourth-order valence-electron chi connectivity index (χ4n) is 3.69. The second kappa shape index (κ2) is 6.15. The Morgan fingerprint density at radius 3 is 2.78 bits per heavy atom. The van der Waals surface area contributed by atoms with Gasteiger partial charge < -0.3 is 5.32 Å². The SMILES string of the molecule is CC1CCCC(NC(=O)c2ccc3c(c2)CCN3S(C)(=O)=O)C1. The first-order chi connectivity index (χ1) is 10.8. The van der Waals surface area contributed by atoms with Gasteiger partial charge in [0.1, 0.15) is 0 Å². The number of amides is 1. The molecule has 2 aliphatic rings. The molecule has 1 aromatic rings. The van der Waals surface area contributed by atoms with Crippen molar-refractivity contribution in [3.8, 4) is 0 Å². The Balaban J connectivity index is 1.74. The van der Waals surface area contributed by atoms with Crippen LogP contribution in [0.3, 0.4) is 0 Å². The van der Waals surface area contributed by atoms with Gasteiger partial charge in [0.25, 0.3) is 5.91 Å². The van der Waals surface area contributed by atoms with E-state index in [1.54, 1.807) is 12.1 Å². The van der Waals surface area contributed by atoms with Gasteiger partial charge >= 0.3 is 0 Å². The maximum Gasteiger partial charge on any atom is 0.251 e. The third-order valence-corrected chi connectivity index (χ3v) is 6.05. The molecule has 1 amide bonds. The maximum atomic E-state index is 12.5. The highest BCUT2D eigenvalue weighted by Gasteiger charge is 2.27. The number of fused-ring (bicyclic) bond motifs is 1. The first kappa shape index (κ1) is 16.3. The predicted octanol–water partition coefficient (Wildman–Crippen LogP) is 2.32. The first-order valence-electron chi connectivity index (χ1n) is 8.26. The smallest absolute Gasteiger partial charge is 0.251 e. The standard InChI is InChI=1S/C17H24N2O3S/c1-12-4-3-5-15(10-12)18-17(20)14-6-7-16-13(11-14)8-9-19(16)23(2,21)22/h6-7,11-12,15H,3-5,8-10H2,1-2H3,(H,18,20). The van der Waals surface area contributed by atoms with E-state index < -0.39 is 10.0 Å². The van der Waals surface area contributed by atoms with Crippen LogP contribution in [0, 0.1) is 5.92 Å². The largest absolute Gasteiger partial charge is 0.349 e. The normalized spacial score (nSPS) is 24.3. The van der Waals surface area contributed by atoms with E-state index in [2.05, 4.69) is 12.2 Å². The quantitative estimate of drug-likeness (QED) is 0.921. The molecule has 1 saturated carbocycles. The minimum absolute atomic E-state index is 0.0512. The summed E-state index contributed by atoms with van der Waals surface area (Å²) in [6.45, 7) is 2.69. The van der Waals surface area contributed by atoms with E-state index in [0.29, 0.717) is 30.1 Å². The first-order valence-corrected chi connectivity index (χ1v) is 10.1. The van der Waals surface area contributed by atoms with Crippen LogP contribution in [0.1, 0.15) is 48.5 Å². The summed E-state index contributed by atoms with van der Waals surface area (Å²) in [5.41, 5.74) is 2.26. The number of benzene rings is 1. The number of nitrogens with one attached hydrogen (secondary N) is 1. The van der Waals surface area contributed by atoms with Crippen molar-refractivity contribution in [1.82, 2.24) is 5.32 Å². The number of hydrogen-bond donors (Lipinski definition) is 1. The maximum absolute atomic E-state index is 12.5. The van der Waals surface area contributed by atoms with Crippen LogP contribution >= 0.6 is 0 Å². The van der Waals surface area contributed by atoms with Crippen LogP contribution in [0.2, 0.25) is 0 Å². The average Bonchev–Trinajstić information content (AvgIpc) is 2.90. The second-order valence-corrected chi connectivity index (χ2v) is 8.78. The van der Waals surface area contributed by atoms with Gasteiger partial charge in [-0.05, 0) is 48.9 Å². The van der Waals surface area contributed by atoms with Crippen LogP contribution in [-0.4, -0.2) is 33.2 Å². The fraction of sp³-hybridized carbons (Fsp3) is 0.588. The highest BCUT2D eigenvalue weighted by atomic mass is 32.2. The topological polar surface area (TPSA) is 66.5 Å². The van der Waals surface area contributed by atoms with Gasteiger partial charge in [-0.3, -0.25) is 9.10 Å². The monoisotopic (exact) mass is 336 g/mol. The summed E-state index contributed by atoms with van der Waals surface area (Å²) in [5.74, 6) is 0.613. The Morgan fingerprint density at radius 1 is 1.30 bits per heavy atom. The second-order valence-electron chi connectivity index (χ2n) is 6.87. The summed E-state index contributed by atoms with van der Waals surface area (Å²) in [6.07, 6.45) is 6.37. The number of hydrogen-bond acceptors (Lipinski definition) is 3. The molecule has 1 aromatic carbocycles. The number of sulfonamides is 1. The Bertz CT molecular complexity index is 715. The fourth-order valence-corrected chi connectivity index (χ4v) is 4.65. The molecule has 3 rings (SSSR count). The minimum atomic E-state index is -3.25. The van der Waals surface area contributed by atoms with Crippen LogP contribution in [0.15, 0.2) is 18.2 Å². The van der Waals surface area contributed by atoms with Gasteiger partial charge in [-0.2, -0.15) is 0 Å². The molecule has 0 bridgehead atoms. The van der Waals surface area contributed by atoms with Crippen molar-refractivity contribution in [3.05, 3.63) is 29.3 Å². The number of carbonyl (C=O) groups excluding carboxylic acids is 1. The lowest BCUT2D eigenvalue weighted by Crippen LogP contribution is -2.38. The highest BCUT2D eigenvalue weighted by molar-refractivity contribution is 7.92. The summed E-state index contributed by atoms with van der Waals surface area (Å²) in [4.78, 5) is 12.5. The third-order valence-electron chi connectivity index (χ3n) is 4.87. The predicted molar refractivity (Wildman–Crippen MR) is 91.2 cm³/mol. The van der Waals surface area contributed by atoms with E-state index in [-0.39, 0.29) is 11.9 Å². The van der Waals surface area contributed by atoms with Gasteiger partial charge in [0.05, 0.1) is 11.9 Å². The molecule has 5 nitrogen and oxygen atoms in total. The summed E-state index contributed by atoms with van der Waals surface area (Å²) < 4.78 is 24.9. The molecule has 0 aromatic heterocycles. The van der Waals surface area contributed by atoms with Crippen LogP contribution in [0.25, 0.3) is 0 Å². The molecule has 0 spiro atoms. The van der Waals surface area contributed by atoms with Gasteiger partial charge in [-0.25, -0.2) is 8.42 Å². The molecule has 1 aliphatic carbocycles. The molecule has 6 heteroatoms. The zero-order valence-corrected chi connectivity index (χ0v) is 14.5. The van der Waals surface area contributed by atoms with Crippen LogP contribution in [0.5, 0.6) is 0 Å². The van der Waals surface area contributed by atoms with Crippen LogP contribution < -0.4 is 9.62 Å². The summed E-state index contributed by atoms with van der Waals surface area (Å²) in [5, 5.41) is 3.13. The molecular formula is C17H24N2O3S. The molecule has 1 aliphatic heterocycles. The molecule has 1 N–H and O–H groups in total. The number of rotatable bonds is 3. The van der Waals surface area contributed by atoms with Gasteiger partial charge in [-0.15, -0.1) is 0 Å². The van der Waals surface area contributed by atoms with E-state index >= 15 is 0 Å². The highest BCUT2D eigenvalue weighted by Crippen LogP contribution is 2.31. The number of nitrogens with zero attached hydrogens (tertiary/aromatic N) is 1. The Kier molecular flexibility index (Phi) is 4.36. The van der Waals surface area contributed by atoms with Crippen molar-refractivity contribution in [2.24, 2.45) is 5.92 Å². The van der Waals surface area contributed by atoms with E-state index in [9.17, 15) is 13.2 Å². The van der Waals surface area contributed by atoms with E-state index in [1.165, 1.54) is 23.4 Å². The van der Waals surface area contributed by atoms with E-state index in [4.69, 9.17) is 0 Å². The molecule has 126 valence electrons. The molecule has 1 heterocycles. The zero-order valence-electron chi connectivity index (χ0n) is 13.7. The Hall–Kier alpha value is -1.56. The summed E-state index contributed by atoms with van der Waals surface area (Å²) in [6, 6.07) is 5.57. The van der Waals surface area contributed by atoms with Gasteiger partial charge in [-0.1, -0.05) is 19.8 Å². The van der Waals surface area contributed by atoms with Crippen LogP contribution in [0.4, 0.5) is 5.69 Å². The molecule has 2 unspecified atom stereocenters. The Labute approximate surface area is 138 Å². The number of carbonyl (C=O) groups is 1. The van der Waals surface area contributed by atoms with Crippen molar-refractivity contribution >= 4 is 21.6 Å². The van der Waals surface area contributed by atoms with Crippen LogP contribution in [-0.2, 0) is 16.4 Å². The molecule has 0 radical (unpaired) electrons. The van der Waals surface area contributed by atoms with Gasteiger partial charge in [0.15, 0.2) is 0 Å². The van der Waals surface area contributed by atoms with Crippen molar-refractivity contribution in [3.63, 3.8) is 0 Å². The van der Waals surface area contributed by atoms with Gasteiger partial charge in [0.2, 0.25) is 10.0 Å². The summed E-state index contributed by atoms with van der Waals surface area (Å²) in [7, 11) is -3.25. The van der Waals surface area contributed by atoms with Crippen molar-refractivity contribution in [2.45, 2.75) is 45.1 Å². The lowest BCUT2D eigenvalue weighted by molar-refractivity contribution is 0.0921. The van der Waals surface area contributed by atoms with Gasteiger partial charge in [0, 0.05) is 18.2 Å². The van der Waals surface area contributed by atoms with Crippen molar-refractivity contribution in [1.29, 1.82) is 0 Å². The minimum Gasteiger partial charge on any atom is -0.349 e. The van der Waals surface area contributed by atoms with E-state index in [1.807, 2.05) is 6.07 Å². The molecule has 1 fully saturated rings. The van der Waals surface area contributed by atoms with Crippen molar-refractivity contribution in [2.75, 3.05) is 17.1 Å². The molecular weight excluding hydrogens is 312 g/mol. The Morgan fingerprint density at radius 2 is 2.09 bits per heavy atom. The van der Waals surface area contributed by atoms with Crippen molar-refractivity contribution < 1.29 is 13.2 Å².